The van der Waals surface area contributed by atoms with Crippen molar-refractivity contribution in [1.82, 2.24) is 4.90 Å². The van der Waals surface area contributed by atoms with Crippen LogP contribution < -0.4 is 9.47 Å². The largest absolute Gasteiger partial charge is 0.493 e. The van der Waals surface area contributed by atoms with Crippen LogP contribution in [0.5, 0.6) is 11.5 Å². The van der Waals surface area contributed by atoms with Gasteiger partial charge in [0.05, 0.1) is 24.8 Å². The van der Waals surface area contributed by atoms with Gasteiger partial charge in [-0.05, 0) is 98.2 Å². The summed E-state index contributed by atoms with van der Waals surface area (Å²) in [6.07, 6.45) is 12.1. The predicted octanol–water partition coefficient (Wildman–Crippen LogP) is 9.34. The van der Waals surface area contributed by atoms with E-state index in [4.69, 9.17) is 24.2 Å². The molecule has 3 aliphatic carbocycles. The summed E-state index contributed by atoms with van der Waals surface area (Å²) in [4.78, 5) is 23.9. The van der Waals surface area contributed by atoms with E-state index in [0.29, 0.717) is 32.6 Å². The van der Waals surface area contributed by atoms with Crippen LogP contribution in [0.1, 0.15) is 88.2 Å². The number of benzene rings is 3. The molecule has 3 aromatic rings. The highest BCUT2D eigenvalue weighted by atomic mass is 32.2. The fraction of sp³-hybridized carbons (Fsp3) is 0.510. The summed E-state index contributed by atoms with van der Waals surface area (Å²) < 4.78 is 21.0. The molecule has 0 radical (unpaired) electrons. The van der Waals surface area contributed by atoms with Crippen molar-refractivity contribution in [2.45, 2.75) is 100 Å². The number of nitrogens with zero attached hydrogens (tertiary/aromatic N) is 2. The predicted molar refractivity (Wildman–Crippen MR) is 234 cm³/mol. The van der Waals surface area contributed by atoms with E-state index in [0.717, 1.165) is 91.0 Å². The van der Waals surface area contributed by atoms with Crippen LogP contribution in [-0.4, -0.2) is 77.3 Å². The molecule has 1 aliphatic heterocycles. The van der Waals surface area contributed by atoms with Crippen molar-refractivity contribution >= 4 is 23.4 Å². The van der Waals surface area contributed by atoms with E-state index < -0.39 is 11.8 Å². The van der Waals surface area contributed by atoms with Crippen LogP contribution >= 0.6 is 11.8 Å². The second-order valence-corrected chi connectivity index (χ2v) is 17.5. The van der Waals surface area contributed by atoms with Gasteiger partial charge in [0.1, 0.15) is 24.1 Å². The van der Waals surface area contributed by atoms with Gasteiger partial charge in [-0.3, -0.25) is 4.79 Å². The molecule has 0 saturated heterocycles. The van der Waals surface area contributed by atoms with E-state index in [1.165, 1.54) is 4.90 Å². The molecule has 1 heterocycles. The Balaban J connectivity index is 1.35. The maximum Gasteiger partial charge on any atom is 0.239 e. The van der Waals surface area contributed by atoms with E-state index in [9.17, 15) is 15.0 Å². The van der Waals surface area contributed by atoms with Crippen molar-refractivity contribution in [2.75, 3.05) is 38.7 Å². The summed E-state index contributed by atoms with van der Waals surface area (Å²) >= 11 is 1.77. The molecule has 3 aromatic carbocycles. The SMILES string of the molecule is C=CCOC12Oc3ccc(OCCSc4ccccc4)cc3C3C(CCCCO)C(CCCCO)C=C(C(=NOCc4ccccc4)CC1N(CCC)C(=O)C1CC1)C32. The number of oxime groups is 1. The van der Waals surface area contributed by atoms with Crippen molar-refractivity contribution in [1.29, 1.82) is 0 Å². The Bertz CT molecular complexity index is 1890. The van der Waals surface area contributed by atoms with Crippen LogP contribution in [0.2, 0.25) is 0 Å². The Kier molecular flexibility index (Phi) is 15.3. The van der Waals surface area contributed by atoms with E-state index in [-0.39, 0.29) is 55.3 Å². The minimum Gasteiger partial charge on any atom is -0.493 e. The van der Waals surface area contributed by atoms with Gasteiger partial charge in [0.2, 0.25) is 11.7 Å². The Morgan fingerprint density at radius 1 is 1.00 bits per heavy atom. The van der Waals surface area contributed by atoms with Crippen LogP contribution in [0.3, 0.4) is 0 Å². The molecule has 6 atom stereocenters. The van der Waals surface area contributed by atoms with Crippen molar-refractivity contribution in [3.8, 4) is 11.5 Å². The van der Waals surface area contributed by atoms with Crippen molar-refractivity contribution < 1.29 is 34.1 Å². The number of aliphatic hydroxyl groups is 2. The zero-order chi connectivity index (χ0) is 41.0. The number of allylic oxidation sites excluding steroid dienone is 1. The number of aliphatic hydroxyl groups excluding tert-OH is 2. The van der Waals surface area contributed by atoms with Crippen molar-refractivity contribution in [3.05, 3.63) is 114 Å². The Hall–Kier alpha value is -4.09. The fourth-order valence-corrected chi connectivity index (χ4v) is 10.3. The zero-order valence-corrected chi connectivity index (χ0v) is 35.4. The molecule has 0 bridgehead atoms. The lowest BCUT2D eigenvalue weighted by molar-refractivity contribution is -0.257. The van der Waals surface area contributed by atoms with Crippen LogP contribution in [0.15, 0.2) is 113 Å². The number of carbonyl (C=O) groups excluding carboxylic acids is 1. The molecular formula is C49H62N2O7S. The third-order valence-corrected chi connectivity index (χ3v) is 13.3. The lowest BCUT2D eigenvalue weighted by Gasteiger charge is -2.60. The van der Waals surface area contributed by atoms with Crippen LogP contribution in [-0.2, 0) is 21.0 Å². The van der Waals surface area contributed by atoms with Gasteiger partial charge >= 0.3 is 0 Å². The van der Waals surface area contributed by atoms with Crippen LogP contribution in [0.25, 0.3) is 0 Å². The molecule has 10 heteroatoms. The quantitative estimate of drug-likeness (QED) is 0.0422. The Morgan fingerprint density at radius 2 is 1.75 bits per heavy atom. The average Bonchev–Trinajstić information content (AvgIpc) is 4.12. The molecule has 1 amide bonds. The van der Waals surface area contributed by atoms with Gasteiger partial charge in [-0.1, -0.05) is 85.6 Å². The molecule has 0 aromatic heterocycles. The first-order valence-corrected chi connectivity index (χ1v) is 22.8. The molecule has 0 spiro atoms. The van der Waals surface area contributed by atoms with Crippen molar-refractivity contribution in [2.24, 2.45) is 28.8 Å². The number of rotatable bonds is 23. The average molecular weight is 823 g/mol. The van der Waals surface area contributed by atoms with Crippen molar-refractivity contribution in [3.63, 3.8) is 0 Å². The molecule has 2 fully saturated rings. The summed E-state index contributed by atoms with van der Waals surface area (Å²) in [6.45, 7) is 8.14. The monoisotopic (exact) mass is 822 g/mol. The number of hydrogen-bond acceptors (Lipinski definition) is 9. The van der Waals surface area contributed by atoms with E-state index in [1.807, 2.05) is 53.4 Å². The smallest absolute Gasteiger partial charge is 0.239 e. The summed E-state index contributed by atoms with van der Waals surface area (Å²) in [5.41, 5.74) is 3.95. The number of amides is 1. The molecule has 4 aliphatic rings. The number of fused-ring (bicyclic) bond motifs is 2. The topological polar surface area (TPSA) is 110 Å². The molecule has 7 rings (SSSR count). The molecule has 2 N–H and O–H groups in total. The Morgan fingerprint density at radius 3 is 2.46 bits per heavy atom. The van der Waals surface area contributed by atoms with E-state index >= 15 is 0 Å². The van der Waals surface area contributed by atoms with Gasteiger partial charge in [-0.15, -0.1) is 18.3 Å². The van der Waals surface area contributed by atoms with Gasteiger partial charge in [0, 0.05) is 54.2 Å². The highest BCUT2D eigenvalue weighted by Crippen LogP contribution is 2.62. The second-order valence-electron chi connectivity index (χ2n) is 16.3. The number of ether oxygens (including phenoxy) is 3. The standard InChI is InChI=1S/C49H62N2O7S/c1-3-25-51(48(54)36-21-22-36)45-33-43(50-57-34-35-15-7-5-8-16-35)41-31-37(17-11-13-26-52)40(20-12-14-27-53)46-42-32-38(55-29-30-59-39-18-9-6-10-19-39)23-24-44(42)58-49(45,47(41)46)56-28-4-2/h4-10,15-16,18-19,23-24,31-32,36-37,40,45-47,52-53H,2-3,11-14,17,20-22,25-30,33-34H2,1H3. The molecule has 316 valence electrons. The summed E-state index contributed by atoms with van der Waals surface area (Å²) in [5.74, 6) is 1.12. The molecule has 2 saturated carbocycles. The lowest BCUT2D eigenvalue weighted by atomic mass is 9.55. The van der Waals surface area contributed by atoms with Crippen LogP contribution in [0.4, 0.5) is 0 Å². The van der Waals surface area contributed by atoms with Gasteiger partial charge in [0.15, 0.2) is 0 Å². The van der Waals surface area contributed by atoms with E-state index in [1.54, 1.807) is 17.8 Å². The first-order valence-electron chi connectivity index (χ1n) is 21.9. The fourth-order valence-electron chi connectivity index (χ4n) is 9.56. The van der Waals surface area contributed by atoms with E-state index in [2.05, 4.69) is 49.9 Å². The highest BCUT2D eigenvalue weighted by molar-refractivity contribution is 7.99. The number of unbranched alkanes of at least 4 members (excludes halogenated alkanes) is 2. The minimum absolute atomic E-state index is 0.00425. The lowest BCUT2D eigenvalue weighted by Crippen LogP contribution is -2.70. The number of carbonyl (C=O) groups is 1. The normalized spacial score (nSPS) is 25.0. The molecule has 6 unspecified atom stereocenters. The minimum atomic E-state index is -1.24. The summed E-state index contributed by atoms with van der Waals surface area (Å²) in [7, 11) is 0. The molecular weight excluding hydrogens is 761 g/mol. The second kappa shape index (κ2) is 20.9. The summed E-state index contributed by atoms with van der Waals surface area (Å²) in [6, 6.07) is 26.1. The first kappa shape index (κ1) is 43.0. The van der Waals surface area contributed by atoms with Gasteiger partial charge in [0.25, 0.3) is 0 Å². The number of hydrogen-bond donors (Lipinski definition) is 2. The third kappa shape index (κ3) is 10.1. The zero-order valence-electron chi connectivity index (χ0n) is 34.6. The highest BCUT2D eigenvalue weighted by Gasteiger charge is 2.65. The number of thioether (sulfide) groups is 1. The van der Waals surface area contributed by atoms with Gasteiger partial charge < -0.3 is 34.2 Å². The summed E-state index contributed by atoms with van der Waals surface area (Å²) in [5, 5.41) is 24.8. The van der Waals surface area contributed by atoms with Gasteiger partial charge in [-0.2, -0.15) is 0 Å². The first-order chi connectivity index (χ1) is 29.0. The maximum absolute atomic E-state index is 14.4. The van der Waals surface area contributed by atoms with Gasteiger partial charge in [-0.25, -0.2) is 0 Å². The maximum atomic E-state index is 14.4. The van der Waals surface area contributed by atoms with Crippen LogP contribution in [0, 0.1) is 23.7 Å². The molecule has 9 nitrogen and oxygen atoms in total. The Labute approximate surface area is 354 Å². The third-order valence-electron chi connectivity index (χ3n) is 12.3. The molecule has 59 heavy (non-hydrogen) atoms.